The lowest BCUT2D eigenvalue weighted by molar-refractivity contribution is 0.176. The van der Waals surface area contributed by atoms with E-state index in [-0.39, 0.29) is 0 Å². The molecular weight excluding hydrogens is 266 g/mol. The Balaban J connectivity index is 1.77. The molecule has 2 heterocycles. The minimum atomic E-state index is 0.730. The van der Waals surface area contributed by atoms with Gasteiger partial charge in [-0.05, 0) is 36.8 Å². The first-order valence-electron chi connectivity index (χ1n) is 7.47. The van der Waals surface area contributed by atoms with E-state index in [1.54, 1.807) is 0 Å². The van der Waals surface area contributed by atoms with E-state index in [1.807, 2.05) is 23.7 Å². The molecular formula is C16H23N3S. The van der Waals surface area contributed by atoms with Crippen molar-refractivity contribution in [1.82, 2.24) is 14.5 Å². The molecule has 0 aromatic carbocycles. The van der Waals surface area contributed by atoms with Crippen LogP contribution in [0.1, 0.15) is 41.9 Å². The summed E-state index contributed by atoms with van der Waals surface area (Å²) in [7, 11) is 2.09. The predicted molar refractivity (Wildman–Crippen MR) is 83.8 cm³/mol. The number of aromatic nitrogens is 2. The molecule has 1 saturated carbocycles. The lowest BCUT2D eigenvalue weighted by Crippen LogP contribution is -2.33. The van der Waals surface area contributed by atoms with Gasteiger partial charge in [0.15, 0.2) is 0 Å². The first kappa shape index (κ1) is 13.8. The highest BCUT2D eigenvalue weighted by atomic mass is 32.1. The fourth-order valence-electron chi connectivity index (χ4n) is 3.06. The van der Waals surface area contributed by atoms with Crippen LogP contribution in [0.4, 0.5) is 0 Å². The van der Waals surface area contributed by atoms with E-state index in [2.05, 4.69) is 39.9 Å². The van der Waals surface area contributed by atoms with E-state index in [9.17, 15) is 0 Å². The van der Waals surface area contributed by atoms with Gasteiger partial charge in [-0.3, -0.25) is 4.90 Å². The third-order valence-electron chi connectivity index (χ3n) is 4.42. The molecule has 0 unspecified atom stereocenters. The summed E-state index contributed by atoms with van der Waals surface area (Å²) >= 11 is 1.88. The van der Waals surface area contributed by atoms with Gasteiger partial charge in [0, 0.05) is 36.9 Å². The van der Waals surface area contributed by atoms with Crippen molar-refractivity contribution in [3.05, 3.63) is 40.1 Å². The Morgan fingerprint density at radius 3 is 2.75 bits per heavy atom. The van der Waals surface area contributed by atoms with Crippen LogP contribution in [0.15, 0.2) is 23.8 Å². The van der Waals surface area contributed by atoms with Crippen LogP contribution < -0.4 is 0 Å². The Morgan fingerprint density at radius 2 is 2.15 bits per heavy atom. The average Bonchev–Trinajstić information content (AvgIpc) is 3.14. The van der Waals surface area contributed by atoms with Crippen LogP contribution in [0, 0.1) is 6.92 Å². The molecule has 20 heavy (non-hydrogen) atoms. The molecule has 2 aromatic heterocycles. The van der Waals surface area contributed by atoms with Crippen molar-refractivity contribution < 1.29 is 0 Å². The smallest absolute Gasteiger partial charge is 0.122 e. The zero-order chi connectivity index (χ0) is 13.9. The van der Waals surface area contributed by atoms with Crippen LogP contribution in [-0.4, -0.2) is 20.5 Å². The van der Waals surface area contributed by atoms with Crippen LogP contribution in [0.3, 0.4) is 0 Å². The second-order valence-corrected chi connectivity index (χ2v) is 6.83. The summed E-state index contributed by atoms with van der Waals surface area (Å²) in [4.78, 5) is 8.64. The molecule has 0 saturated heterocycles. The van der Waals surface area contributed by atoms with Crippen LogP contribution in [0.5, 0.6) is 0 Å². The van der Waals surface area contributed by atoms with Crippen LogP contribution in [0.2, 0.25) is 0 Å². The summed E-state index contributed by atoms with van der Waals surface area (Å²) in [6.45, 7) is 4.26. The maximum absolute atomic E-state index is 4.50. The summed E-state index contributed by atoms with van der Waals surface area (Å²) in [6.07, 6.45) is 9.39. The number of imidazole rings is 1. The molecule has 3 rings (SSSR count). The molecule has 0 atom stereocenters. The van der Waals surface area contributed by atoms with Crippen molar-refractivity contribution in [1.29, 1.82) is 0 Å². The van der Waals surface area contributed by atoms with Gasteiger partial charge in [-0.2, -0.15) is 0 Å². The molecule has 3 nitrogen and oxygen atoms in total. The monoisotopic (exact) mass is 289 g/mol. The average molecular weight is 289 g/mol. The Kier molecular flexibility index (Phi) is 4.22. The number of nitrogens with zero attached hydrogens (tertiary/aromatic N) is 3. The molecule has 1 aliphatic rings. The lowest BCUT2D eigenvalue weighted by Gasteiger charge is -2.28. The third kappa shape index (κ3) is 2.96. The van der Waals surface area contributed by atoms with Crippen molar-refractivity contribution in [2.24, 2.45) is 7.05 Å². The molecule has 1 fully saturated rings. The van der Waals surface area contributed by atoms with Gasteiger partial charge < -0.3 is 4.57 Å². The maximum atomic E-state index is 4.50. The number of hydrogen-bond acceptors (Lipinski definition) is 3. The van der Waals surface area contributed by atoms with Gasteiger partial charge >= 0.3 is 0 Å². The Morgan fingerprint density at radius 1 is 1.35 bits per heavy atom. The number of rotatable bonds is 5. The highest BCUT2D eigenvalue weighted by molar-refractivity contribution is 7.10. The normalized spacial score (nSPS) is 16.4. The van der Waals surface area contributed by atoms with Gasteiger partial charge in [0.25, 0.3) is 0 Å². The molecule has 2 aromatic rings. The zero-order valence-electron chi connectivity index (χ0n) is 12.4. The number of hydrogen-bond donors (Lipinski definition) is 0. The van der Waals surface area contributed by atoms with Gasteiger partial charge in [0.1, 0.15) is 5.82 Å². The zero-order valence-corrected chi connectivity index (χ0v) is 13.2. The highest BCUT2D eigenvalue weighted by Crippen LogP contribution is 2.28. The Bertz CT molecular complexity index is 509. The van der Waals surface area contributed by atoms with Crippen molar-refractivity contribution in [2.45, 2.75) is 51.7 Å². The Hall–Kier alpha value is -1.13. The predicted octanol–water partition coefficient (Wildman–Crippen LogP) is 3.73. The Labute approximate surface area is 125 Å². The third-order valence-corrected chi connectivity index (χ3v) is 5.43. The van der Waals surface area contributed by atoms with Gasteiger partial charge in [-0.25, -0.2) is 4.98 Å². The molecule has 108 valence electrons. The number of thiophene rings is 1. The topological polar surface area (TPSA) is 21.1 Å². The summed E-state index contributed by atoms with van der Waals surface area (Å²) in [5.41, 5.74) is 1.43. The largest absolute Gasteiger partial charge is 0.337 e. The van der Waals surface area contributed by atoms with Crippen molar-refractivity contribution in [2.75, 3.05) is 0 Å². The highest BCUT2D eigenvalue weighted by Gasteiger charge is 2.24. The van der Waals surface area contributed by atoms with Crippen LogP contribution in [-0.2, 0) is 20.1 Å². The first-order chi connectivity index (χ1) is 9.74. The molecule has 4 heteroatoms. The summed E-state index contributed by atoms with van der Waals surface area (Å²) < 4.78 is 2.14. The summed E-state index contributed by atoms with van der Waals surface area (Å²) in [5.74, 6) is 1.17. The quantitative estimate of drug-likeness (QED) is 0.836. The minimum absolute atomic E-state index is 0.730. The van der Waals surface area contributed by atoms with Gasteiger partial charge in [0.2, 0.25) is 0 Å². The SMILES string of the molecule is Cc1ccsc1CN(Cc1nccn1C)C1CCCC1. The summed E-state index contributed by atoms with van der Waals surface area (Å²) in [5, 5.41) is 2.21. The van der Waals surface area contributed by atoms with E-state index in [4.69, 9.17) is 0 Å². The van der Waals surface area contributed by atoms with Gasteiger partial charge in [-0.1, -0.05) is 12.8 Å². The number of aryl methyl sites for hydroxylation is 2. The second-order valence-electron chi connectivity index (χ2n) is 5.82. The van der Waals surface area contributed by atoms with Gasteiger partial charge in [0.05, 0.1) is 6.54 Å². The van der Waals surface area contributed by atoms with Crippen LogP contribution in [0.25, 0.3) is 0 Å². The molecule has 0 bridgehead atoms. The molecule has 0 N–H and O–H groups in total. The lowest BCUT2D eigenvalue weighted by atomic mass is 10.2. The van der Waals surface area contributed by atoms with E-state index in [0.29, 0.717) is 0 Å². The second kappa shape index (κ2) is 6.10. The molecule has 0 aliphatic heterocycles. The molecule has 0 amide bonds. The van der Waals surface area contributed by atoms with Crippen molar-refractivity contribution in [3.8, 4) is 0 Å². The standard InChI is InChI=1S/C16H23N3S/c1-13-7-10-20-15(13)11-19(14-5-3-4-6-14)12-16-17-8-9-18(16)2/h7-10,14H,3-6,11-12H2,1-2H3. The van der Waals surface area contributed by atoms with E-state index < -0.39 is 0 Å². The van der Waals surface area contributed by atoms with E-state index in [0.717, 1.165) is 19.1 Å². The van der Waals surface area contributed by atoms with E-state index >= 15 is 0 Å². The molecule has 0 radical (unpaired) electrons. The maximum Gasteiger partial charge on any atom is 0.122 e. The fraction of sp³-hybridized carbons (Fsp3) is 0.562. The minimum Gasteiger partial charge on any atom is -0.337 e. The first-order valence-corrected chi connectivity index (χ1v) is 8.35. The molecule has 0 spiro atoms. The van der Waals surface area contributed by atoms with Crippen LogP contribution >= 0.6 is 11.3 Å². The fourth-order valence-corrected chi connectivity index (χ4v) is 4.00. The van der Waals surface area contributed by atoms with Gasteiger partial charge in [-0.15, -0.1) is 11.3 Å². The van der Waals surface area contributed by atoms with Crippen molar-refractivity contribution >= 4 is 11.3 Å². The van der Waals surface area contributed by atoms with Crippen molar-refractivity contribution in [3.63, 3.8) is 0 Å². The summed E-state index contributed by atoms with van der Waals surface area (Å²) in [6, 6.07) is 2.96. The molecule has 1 aliphatic carbocycles. The van der Waals surface area contributed by atoms with E-state index in [1.165, 1.54) is 41.9 Å².